The largest absolute Gasteiger partial charge is 0.382 e. The van der Waals surface area contributed by atoms with E-state index in [1.165, 1.54) is 5.56 Å². The molecular weight excluding hydrogens is 250 g/mol. The van der Waals surface area contributed by atoms with Crippen molar-refractivity contribution in [3.8, 4) is 0 Å². The highest BCUT2D eigenvalue weighted by atomic mass is 15.3. The summed E-state index contributed by atoms with van der Waals surface area (Å²) in [6.45, 7) is 4.90. The summed E-state index contributed by atoms with van der Waals surface area (Å²) in [5, 5.41) is 7.47. The lowest BCUT2D eigenvalue weighted by Gasteiger charge is -2.27. The Labute approximate surface area is 119 Å². The molecule has 20 heavy (non-hydrogen) atoms. The molecule has 0 radical (unpaired) electrons. The van der Waals surface area contributed by atoms with E-state index in [4.69, 9.17) is 11.1 Å². The van der Waals surface area contributed by atoms with Gasteiger partial charge in [-0.1, -0.05) is 30.3 Å². The molecule has 5 nitrogen and oxygen atoms in total. The molecule has 0 bridgehead atoms. The molecule has 1 heterocycles. The van der Waals surface area contributed by atoms with E-state index in [1.54, 1.807) is 12.3 Å². The van der Waals surface area contributed by atoms with Crippen LogP contribution in [0.3, 0.4) is 0 Å². The smallest absolute Gasteiger partial charge is 0.226 e. The maximum atomic E-state index is 7.47. The molecule has 0 aliphatic carbocycles. The molecule has 1 aromatic carbocycles. The van der Waals surface area contributed by atoms with Crippen LogP contribution in [0, 0.1) is 5.41 Å². The molecule has 0 saturated carbocycles. The molecule has 0 aliphatic heterocycles. The van der Waals surface area contributed by atoms with E-state index in [-0.39, 0.29) is 11.9 Å². The van der Waals surface area contributed by atoms with E-state index in [1.807, 2.05) is 18.2 Å². The van der Waals surface area contributed by atoms with Crippen LogP contribution in [-0.2, 0) is 6.54 Å². The van der Waals surface area contributed by atoms with Crippen molar-refractivity contribution >= 4 is 11.8 Å². The molecule has 2 rings (SSSR count). The van der Waals surface area contributed by atoms with Gasteiger partial charge in [0.05, 0.1) is 0 Å². The monoisotopic (exact) mass is 269 g/mol. The van der Waals surface area contributed by atoms with Crippen LogP contribution in [0.5, 0.6) is 0 Å². The number of nitrogens with one attached hydrogen (secondary N) is 1. The third-order valence-electron chi connectivity index (χ3n) is 2.99. The van der Waals surface area contributed by atoms with Crippen molar-refractivity contribution < 1.29 is 0 Å². The normalized spacial score (nSPS) is 10.6. The fraction of sp³-hybridized carbons (Fsp3) is 0.267. The summed E-state index contributed by atoms with van der Waals surface area (Å²) in [6, 6.07) is 12.1. The van der Waals surface area contributed by atoms with Crippen LogP contribution in [0.15, 0.2) is 42.6 Å². The van der Waals surface area contributed by atoms with Gasteiger partial charge in [0.1, 0.15) is 11.5 Å². The molecule has 2 aromatic rings. The number of anilines is 1. The second kappa shape index (κ2) is 6.14. The average Bonchev–Trinajstić information content (AvgIpc) is 2.45. The topological polar surface area (TPSA) is 78.9 Å². The number of benzene rings is 1. The van der Waals surface area contributed by atoms with Gasteiger partial charge in [-0.25, -0.2) is 9.97 Å². The Balaban J connectivity index is 2.29. The van der Waals surface area contributed by atoms with E-state index in [2.05, 4.69) is 40.8 Å². The van der Waals surface area contributed by atoms with Crippen LogP contribution < -0.4 is 10.6 Å². The Kier molecular flexibility index (Phi) is 4.30. The zero-order valence-electron chi connectivity index (χ0n) is 11.7. The second-order valence-electron chi connectivity index (χ2n) is 4.86. The van der Waals surface area contributed by atoms with Gasteiger partial charge in [-0.15, -0.1) is 0 Å². The van der Waals surface area contributed by atoms with Crippen LogP contribution in [0.1, 0.15) is 25.1 Å². The zero-order valence-corrected chi connectivity index (χ0v) is 11.7. The summed E-state index contributed by atoms with van der Waals surface area (Å²) in [7, 11) is 0. The SMILES string of the molecule is CC(C)N(Cc1ccccc1)c1nccc(C(=N)N)n1. The van der Waals surface area contributed by atoms with Gasteiger partial charge >= 0.3 is 0 Å². The first-order valence-corrected chi connectivity index (χ1v) is 6.56. The molecule has 0 saturated heterocycles. The van der Waals surface area contributed by atoms with Crippen LogP contribution in [-0.4, -0.2) is 21.8 Å². The van der Waals surface area contributed by atoms with Crippen LogP contribution in [0.4, 0.5) is 5.95 Å². The summed E-state index contributed by atoms with van der Waals surface area (Å²) in [5.74, 6) is 0.550. The molecule has 5 heteroatoms. The highest BCUT2D eigenvalue weighted by molar-refractivity contribution is 5.93. The molecular formula is C15H19N5. The maximum Gasteiger partial charge on any atom is 0.226 e. The Morgan fingerprint density at radius 2 is 1.95 bits per heavy atom. The van der Waals surface area contributed by atoms with Crippen molar-refractivity contribution in [2.75, 3.05) is 4.90 Å². The molecule has 104 valence electrons. The Morgan fingerprint density at radius 1 is 1.25 bits per heavy atom. The Bertz CT molecular complexity index is 580. The molecule has 0 spiro atoms. The number of amidine groups is 1. The summed E-state index contributed by atoms with van der Waals surface area (Å²) in [5.41, 5.74) is 7.13. The van der Waals surface area contributed by atoms with Crippen molar-refractivity contribution in [2.24, 2.45) is 5.73 Å². The lowest BCUT2D eigenvalue weighted by Crippen LogP contribution is -2.32. The Morgan fingerprint density at radius 3 is 2.55 bits per heavy atom. The Hall–Kier alpha value is -2.43. The summed E-state index contributed by atoms with van der Waals surface area (Å²) < 4.78 is 0. The van der Waals surface area contributed by atoms with Crippen LogP contribution in [0.2, 0.25) is 0 Å². The minimum absolute atomic E-state index is 0.0444. The summed E-state index contributed by atoms with van der Waals surface area (Å²) >= 11 is 0. The highest BCUT2D eigenvalue weighted by Crippen LogP contribution is 2.15. The molecule has 0 atom stereocenters. The fourth-order valence-electron chi connectivity index (χ4n) is 1.90. The lowest BCUT2D eigenvalue weighted by atomic mass is 10.2. The molecule has 0 unspecified atom stereocenters. The number of hydrogen-bond acceptors (Lipinski definition) is 4. The quantitative estimate of drug-likeness (QED) is 0.644. The van der Waals surface area contributed by atoms with Crippen molar-refractivity contribution in [1.82, 2.24) is 9.97 Å². The van der Waals surface area contributed by atoms with Gasteiger partial charge < -0.3 is 10.6 Å². The first-order chi connectivity index (χ1) is 9.58. The highest BCUT2D eigenvalue weighted by Gasteiger charge is 2.15. The standard InChI is InChI=1S/C15H19N5/c1-11(2)20(10-12-6-4-3-5-7-12)15-18-9-8-13(19-15)14(16)17/h3-9,11H,10H2,1-2H3,(H3,16,17). The third kappa shape index (κ3) is 3.32. The average molecular weight is 269 g/mol. The van der Waals surface area contributed by atoms with Crippen LogP contribution in [0.25, 0.3) is 0 Å². The number of nitrogens with zero attached hydrogens (tertiary/aromatic N) is 3. The number of hydrogen-bond donors (Lipinski definition) is 2. The second-order valence-corrected chi connectivity index (χ2v) is 4.86. The van der Waals surface area contributed by atoms with Gasteiger partial charge in [0.2, 0.25) is 5.95 Å². The van der Waals surface area contributed by atoms with E-state index < -0.39 is 0 Å². The minimum Gasteiger partial charge on any atom is -0.382 e. The van der Waals surface area contributed by atoms with Gasteiger partial charge in [0, 0.05) is 18.8 Å². The van der Waals surface area contributed by atoms with E-state index in [0.29, 0.717) is 11.6 Å². The zero-order chi connectivity index (χ0) is 14.5. The number of aromatic nitrogens is 2. The number of nitrogen functional groups attached to an aromatic ring is 1. The summed E-state index contributed by atoms with van der Waals surface area (Å²) in [4.78, 5) is 10.7. The predicted octanol–water partition coefficient (Wildman–Crippen LogP) is 2.18. The van der Waals surface area contributed by atoms with Crippen molar-refractivity contribution in [2.45, 2.75) is 26.4 Å². The molecule has 1 aromatic heterocycles. The van der Waals surface area contributed by atoms with Crippen molar-refractivity contribution in [1.29, 1.82) is 5.41 Å². The molecule has 0 fully saturated rings. The van der Waals surface area contributed by atoms with Gasteiger partial charge in [0.15, 0.2) is 0 Å². The number of rotatable bonds is 5. The first kappa shape index (κ1) is 14.0. The van der Waals surface area contributed by atoms with Gasteiger partial charge in [-0.3, -0.25) is 5.41 Å². The lowest BCUT2D eigenvalue weighted by molar-refractivity contribution is 0.660. The predicted molar refractivity (Wildman–Crippen MR) is 80.8 cm³/mol. The summed E-state index contributed by atoms with van der Waals surface area (Å²) in [6.07, 6.45) is 1.64. The van der Waals surface area contributed by atoms with E-state index in [9.17, 15) is 0 Å². The van der Waals surface area contributed by atoms with Crippen molar-refractivity contribution in [3.63, 3.8) is 0 Å². The van der Waals surface area contributed by atoms with Gasteiger partial charge in [-0.2, -0.15) is 0 Å². The molecule has 0 aliphatic rings. The van der Waals surface area contributed by atoms with E-state index in [0.717, 1.165) is 6.54 Å². The molecule has 3 N–H and O–H groups in total. The number of nitrogens with two attached hydrogens (primary N) is 1. The third-order valence-corrected chi connectivity index (χ3v) is 2.99. The maximum absolute atomic E-state index is 7.47. The van der Waals surface area contributed by atoms with Gasteiger partial charge in [-0.05, 0) is 25.5 Å². The van der Waals surface area contributed by atoms with E-state index >= 15 is 0 Å². The van der Waals surface area contributed by atoms with Crippen molar-refractivity contribution in [3.05, 3.63) is 53.9 Å². The van der Waals surface area contributed by atoms with Gasteiger partial charge in [0.25, 0.3) is 0 Å². The fourth-order valence-corrected chi connectivity index (χ4v) is 1.90. The first-order valence-electron chi connectivity index (χ1n) is 6.56. The molecule has 0 amide bonds. The minimum atomic E-state index is -0.0444. The van der Waals surface area contributed by atoms with Crippen LogP contribution >= 0.6 is 0 Å².